The van der Waals surface area contributed by atoms with Crippen LogP contribution in [0, 0.1) is 0 Å². The Labute approximate surface area is 147 Å². The number of para-hydroxylation sites is 1. The summed E-state index contributed by atoms with van der Waals surface area (Å²) in [6.45, 7) is 0. The van der Waals surface area contributed by atoms with Crippen molar-refractivity contribution >= 4 is 11.6 Å². The molecule has 1 N–H and O–H groups in total. The van der Waals surface area contributed by atoms with Crippen molar-refractivity contribution in [2.24, 2.45) is 7.05 Å². The Morgan fingerprint density at radius 2 is 1.84 bits per heavy atom. The van der Waals surface area contributed by atoms with E-state index < -0.39 is 0 Å². The molecule has 0 atom stereocenters. The molecule has 5 nitrogen and oxygen atoms in total. The SMILES string of the molecule is COc1ccccc1CCC(=O)Nc1cnn(C)c1-c1ccccc1. The number of carbonyl (C=O) groups excluding carboxylic acids is 1. The van der Waals surface area contributed by atoms with E-state index in [2.05, 4.69) is 10.4 Å². The zero-order chi connectivity index (χ0) is 17.6. The first-order valence-electron chi connectivity index (χ1n) is 8.18. The van der Waals surface area contributed by atoms with Crippen LogP contribution in [0.4, 0.5) is 5.69 Å². The van der Waals surface area contributed by atoms with E-state index in [9.17, 15) is 4.79 Å². The molecule has 5 heteroatoms. The van der Waals surface area contributed by atoms with Crippen molar-refractivity contribution in [3.63, 3.8) is 0 Å². The van der Waals surface area contributed by atoms with Gasteiger partial charge >= 0.3 is 0 Å². The summed E-state index contributed by atoms with van der Waals surface area (Å²) in [7, 11) is 3.51. The fourth-order valence-corrected chi connectivity index (χ4v) is 2.84. The van der Waals surface area contributed by atoms with Gasteiger partial charge in [0, 0.05) is 19.0 Å². The maximum absolute atomic E-state index is 12.4. The molecule has 3 aromatic rings. The number of carbonyl (C=O) groups is 1. The second kappa shape index (κ2) is 7.66. The Balaban J connectivity index is 1.70. The number of nitrogens with zero attached hydrogens (tertiary/aromatic N) is 2. The molecule has 0 aliphatic heterocycles. The van der Waals surface area contributed by atoms with E-state index in [1.165, 1.54) is 0 Å². The fourth-order valence-electron chi connectivity index (χ4n) is 2.84. The van der Waals surface area contributed by atoms with Crippen LogP contribution < -0.4 is 10.1 Å². The topological polar surface area (TPSA) is 56.1 Å². The van der Waals surface area contributed by atoms with Crippen LogP contribution in [0.15, 0.2) is 60.8 Å². The van der Waals surface area contributed by atoms with Crippen molar-refractivity contribution in [3.8, 4) is 17.0 Å². The molecule has 0 unspecified atom stereocenters. The first-order chi connectivity index (χ1) is 12.2. The average molecular weight is 335 g/mol. The van der Waals surface area contributed by atoms with Gasteiger partial charge in [-0.1, -0.05) is 48.5 Å². The molecule has 3 rings (SSSR count). The number of amides is 1. The van der Waals surface area contributed by atoms with Gasteiger partial charge in [0.15, 0.2) is 0 Å². The lowest BCUT2D eigenvalue weighted by Crippen LogP contribution is -2.13. The molecule has 0 aliphatic rings. The molecule has 0 radical (unpaired) electrons. The highest BCUT2D eigenvalue weighted by molar-refractivity contribution is 5.94. The lowest BCUT2D eigenvalue weighted by Gasteiger charge is -2.10. The highest BCUT2D eigenvalue weighted by Gasteiger charge is 2.14. The summed E-state index contributed by atoms with van der Waals surface area (Å²) in [5.41, 5.74) is 3.65. The second-order valence-corrected chi connectivity index (χ2v) is 5.76. The summed E-state index contributed by atoms with van der Waals surface area (Å²) in [5, 5.41) is 7.25. The number of nitrogens with one attached hydrogen (secondary N) is 1. The largest absolute Gasteiger partial charge is 0.496 e. The molecule has 25 heavy (non-hydrogen) atoms. The van der Waals surface area contributed by atoms with Gasteiger partial charge in [-0.15, -0.1) is 0 Å². The van der Waals surface area contributed by atoms with E-state index in [0.717, 1.165) is 28.3 Å². The summed E-state index contributed by atoms with van der Waals surface area (Å²) in [6, 6.07) is 17.7. The maximum Gasteiger partial charge on any atom is 0.224 e. The summed E-state index contributed by atoms with van der Waals surface area (Å²) in [6.07, 6.45) is 2.68. The minimum absolute atomic E-state index is 0.0453. The van der Waals surface area contributed by atoms with Crippen LogP contribution >= 0.6 is 0 Å². The van der Waals surface area contributed by atoms with Crippen molar-refractivity contribution in [1.82, 2.24) is 9.78 Å². The Kier molecular flexibility index (Phi) is 5.14. The van der Waals surface area contributed by atoms with Gasteiger partial charge in [0.25, 0.3) is 0 Å². The summed E-state index contributed by atoms with van der Waals surface area (Å²) in [4.78, 5) is 12.4. The smallest absolute Gasteiger partial charge is 0.224 e. The van der Waals surface area contributed by atoms with E-state index in [1.54, 1.807) is 18.0 Å². The van der Waals surface area contributed by atoms with Gasteiger partial charge in [0.1, 0.15) is 5.75 Å². The molecule has 2 aromatic carbocycles. The van der Waals surface area contributed by atoms with Gasteiger partial charge in [0.05, 0.1) is 24.7 Å². The van der Waals surface area contributed by atoms with E-state index >= 15 is 0 Å². The molecular weight excluding hydrogens is 314 g/mol. The Hall–Kier alpha value is -3.08. The molecule has 0 saturated carbocycles. The Morgan fingerprint density at radius 1 is 1.12 bits per heavy atom. The molecule has 0 bridgehead atoms. The standard InChI is InChI=1S/C20H21N3O2/c1-23-20(16-9-4-3-5-10-16)17(14-21-23)22-19(24)13-12-15-8-6-7-11-18(15)25-2/h3-11,14H,12-13H2,1-2H3,(H,22,24). The minimum atomic E-state index is -0.0453. The summed E-state index contributed by atoms with van der Waals surface area (Å²) >= 11 is 0. The number of hydrogen-bond acceptors (Lipinski definition) is 3. The Morgan fingerprint density at radius 3 is 2.60 bits per heavy atom. The lowest BCUT2D eigenvalue weighted by atomic mass is 10.1. The number of aryl methyl sites for hydroxylation is 2. The van der Waals surface area contributed by atoms with Crippen LogP contribution in [-0.2, 0) is 18.3 Å². The number of hydrogen-bond donors (Lipinski definition) is 1. The molecule has 0 saturated heterocycles. The van der Waals surface area contributed by atoms with Crippen LogP contribution in [0.5, 0.6) is 5.75 Å². The normalized spacial score (nSPS) is 10.5. The monoisotopic (exact) mass is 335 g/mol. The molecular formula is C20H21N3O2. The second-order valence-electron chi connectivity index (χ2n) is 5.76. The van der Waals surface area contributed by atoms with Gasteiger partial charge < -0.3 is 10.1 Å². The number of ether oxygens (including phenoxy) is 1. The van der Waals surface area contributed by atoms with Crippen LogP contribution in [0.3, 0.4) is 0 Å². The van der Waals surface area contributed by atoms with E-state index in [1.807, 2.05) is 61.6 Å². The molecule has 0 aliphatic carbocycles. The first kappa shape index (κ1) is 16.8. The van der Waals surface area contributed by atoms with Gasteiger partial charge in [-0.05, 0) is 18.1 Å². The average Bonchev–Trinajstić information content (AvgIpc) is 3.01. The molecule has 128 valence electrons. The van der Waals surface area contributed by atoms with E-state index in [0.29, 0.717) is 12.8 Å². The molecule has 1 heterocycles. The third-order valence-electron chi connectivity index (χ3n) is 4.07. The predicted octanol–water partition coefficient (Wildman–Crippen LogP) is 3.67. The minimum Gasteiger partial charge on any atom is -0.496 e. The number of rotatable bonds is 6. The zero-order valence-corrected chi connectivity index (χ0v) is 14.4. The first-order valence-corrected chi connectivity index (χ1v) is 8.18. The number of methoxy groups -OCH3 is 1. The maximum atomic E-state index is 12.4. The summed E-state index contributed by atoms with van der Waals surface area (Å²) in [5.74, 6) is 0.762. The van der Waals surface area contributed by atoms with Gasteiger partial charge in [-0.3, -0.25) is 9.48 Å². The number of aromatic nitrogens is 2. The lowest BCUT2D eigenvalue weighted by molar-refractivity contribution is -0.116. The van der Waals surface area contributed by atoms with Crippen molar-refractivity contribution in [2.45, 2.75) is 12.8 Å². The highest BCUT2D eigenvalue weighted by Crippen LogP contribution is 2.27. The van der Waals surface area contributed by atoms with Gasteiger partial charge in [-0.25, -0.2) is 0 Å². The van der Waals surface area contributed by atoms with Crippen LogP contribution in [0.25, 0.3) is 11.3 Å². The third-order valence-corrected chi connectivity index (χ3v) is 4.07. The molecule has 1 aromatic heterocycles. The van der Waals surface area contributed by atoms with Crippen molar-refractivity contribution in [1.29, 1.82) is 0 Å². The number of benzene rings is 2. The van der Waals surface area contributed by atoms with Gasteiger partial charge in [-0.2, -0.15) is 5.10 Å². The van der Waals surface area contributed by atoms with Crippen molar-refractivity contribution < 1.29 is 9.53 Å². The highest BCUT2D eigenvalue weighted by atomic mass is 16.5. The fraction of sp³-hybridized carbons (Fsp3) is 0.200. The van der Waals surface area contributed by atoms with Crippen molar-refractivity contribution in [3.05, 3.63) is 66.4 Å². The van der Waals surface area contributed by atoms with Crippen LogP contribution in [0.2, 0.25) is 0 Å². The quantitative estimate of drug-likeness (QED) is 0.748. The van der Waals surface area contributed by atoms with E-state index in [4.69, 9.17) is 4.74 Å². The Bertz CT molecular complexity index is 856. The third kappa shape index (κ3) is 3.88. The zero-order valence-electron chi connectivity index (χ0n) is 14.4. The van der Waals surface area contributed by atoms with Crippen molar-refractivity contribution in [2.75, 3.05) is 12.4 Å². The van der Waals surface area contributed by atoms with Crippen LogP contribution in [0.1, 0.15) is 12.0 Å². The van der Waals surface area contributed by atoms with E-state index in [-0.39, 0.29) is 5.91 Å². The number of anilines is 1. The van der Waals surface area contributed by atoms with Crippen LogP contribution in [-0.4, -0.2) is 22.8 Å². The molecule has 1 amide bonds. The van der Waals surface area contributed by atoms with Gasteiger partial charge in [0.2, 0.25) is 5.91 Å². The molecule has 0 fully saturated rings. The molecule has 0 spiro atoms. The summed E-state index contributed by atoms with van der Waals surface area (Å²) < 4.78 is 7.10. The predicted molar refractivity (Wildman–Crippen MR) is 98.6 cm³/mol.